The van der Waals surface area contributed by atoms with Crippen LogP contribution in [0.5, 0.6) is 0 Å². The maximum absolute atomic E-state index is 13.1. The third-order valence-corrected chi connectivity index (χ3v) is 6.24. The van der Waals surface area contributed by atoms with Crippen LogP contribution in [0.15, 0.2) is 61.1 Å². The number of hydrogen-bond donors (Lipinski definition) is 1. The van der Waals surface area contributed by atoms with Crippen LogP contribution in [-0.4, -0.2) is 63.8 Å². The quantitative estimate of drug-likeness (QED) is 0.490. The lowest BCUT2D eigenvalue weighted by atomic mass is 10.0. The van der Waals surface area contributed by atoms with Gasteiger partial charge in [0.05, 0.1) is 16.7 Å². The van der Waals surface area contributed by atoms with E-state index in [1.165, 1.54) is 5.69 Å². The molecule has 0 unspecified atom stereocenters. The summed E-state index contributed by atoms with van der Waals surface area (Å²) >= 11 is 0. The Labute approximate surface area is 187 Å². The zero-order valence-electron chi connectivity index (χ0n) is 18.3. The molecule has 1 aliphatic rings. The van der Waals surface area contributed by atoms with Gasteiger partial charge in [-0.25, -0.2) is 4.98 Å². The molecular formula is C25H26N6O. The van der Waals surface area contributed by atoms with E-state index in [9.17, 15) is 4.79 Å². The summed E-state index contributed by atoms with van der Waals surface area (Å²) in [6.07, 6.45) is 7.39. The lowest BCUT2D eigenvalue weighted by Crippen LogP contribution is -2.41. The molecule has 7 nitrogen and oxygen atoms in total. The molecule has 0 saturated carbocycles. The van der Waals surface area contributed by atoms with E-state index < -0.39 is 0 Å². The minimum atomic E-state index is -0.146. The van der Waals surface area contributed by atoms with Crippen molar-refractivity contribution in [3.8, 4) is 11.3 Å². The molecule has 0 aliphatic carbocycles. The zero-order valence-corrected chi connectivity index (χ0v) is 18.3. The Morgan fingerprint density at radius 3 is 2.56 bits per heavy atom. The van der Waals surface area contributed by atoms with Gasteiger partial charge in [-0.3, -0.25) is 14.8 Å². The molecule has 1 aliphatic heterocycles. The number of hydrogen-bond acceptors (Lipinski definition) is 6. The van der Waals surface area contributed by atoms with Crippen LogP contribution in [0, 0.1) is 0 Å². The highest BCUT2D eigenvalue weighted by Crippen LogP contribution is 2.26. The molecule has 5 rings (SSSR count). The number of nitrogens with one attached hydrogen (secondary N) is 1. The van der Waals surface area contributed by atoms with Gasteiger partial charge in [-0.05, 0) is 69.4 Å². The maximum atomic E-state index is 13.1. The number of carbonyl (C=O) groups excluding carboxylic acids is 1. The van der Waals surface area contributed by atoms with Crippen molar-refractivity contribution in [2.45, 2.75) is 18.9 Å². The lowest BCUT2D eigenvalue weighted by molar-refractivity contribution is 0.103. The molecule has 1 fully saturated rings. The van der Waals surface area contributed by atoms with Crippen molar-refractivity contribution in [3.63, 3.8) is 0 Å². The molecule has 1 aromatic carbocycles. The molecule has 162 valence electrons. The second-order valence-electron chi connectivity index (χ2n) is 8.46. The highest BCUT2D eigenvalue weighted by atomic mass is 16.1. The number of aromatic amines is 1. The Morgan fingerprint density at radius 2 is 1.81 bits per heavy atom. The monoisotopic (exact) mass is 426 g/mol. The first-order valence-electron chi connectivity index (χ1n) is 10.9. The number of piperidine rings is 1. The fourth-order valence-corrected chi connectivity index (χ4v) is 4.33. The largest absolute Gasteiger partial charge is 0.371 e. The van der Waals surface area contributed by atoms with Crippen molar-refractivity contribution >= 4 is 22.5 Å². The Hall–Kier alpha value is -3.58. The number of nitrogens with zero attached hydrogens (tertiary/aromatic N) is 5. The van der Waals surface area contributed by atoms with Crippen LogP contribution < -0.4 is 4.90 Å². The second-order valence-corrected chi connectivity index (χ2v) is 8.46. The van der Waals surface area contributed by atoms with Crippen LogP contribution in [0.2, 0.25) is 0 Å². The normalized spacial score (nSPS) is 14.9. The van der Waals surface area contributed by atoms with Gasteiger partial charge in [0, 0.05) is 54.5 Å². The number of H-pyrrole nitrogens is 1. The number of fused-ring (bicyclic) bond motifs is 1. The summed E-state index contributed by atoms with van der Waals surface area (Å²) in [6.45, 7) is 2.06. The third kappa shape index (κ3) is 3.99. The number of ketones is 1. The number of imidazole rings is 1. The van der Waals surface area contributed by atoms with E-state index in [0.29, 0.717) is 17.4 Å². The molecule has 3 aromatic heterocycles. The Balaban J connectivity index is 1.38. The molecule has 0 bridgehead atoms. The predicted octanol–water partition coefficient (Wildman–Crippen LogP) is 3.78. The molecular weight excluding hydrogens is 400 g/mol. The number of benzene rings is 1. The number of anilines is 1. The third-order valence-electron chi connectivity index (χ3n) is 6.24. The smallest absolute Gasteiger partial charge is 0.228 e. The van der Waals surface area contributed by atoms with E-state index >= 15 is 0 Å². The van der Waals surface area contributed by atoms with E-state index in [2.05, 4.69) is 56.0 Å². The zero-order chi connectivity index (χ0) is 22.1. The summed E-state index contributed by atoms with van der Waals surface area (Å²) < 4.78 is 0. The van der Waals surface area contributed by atoms with Crippen molar-refractivity contribution in [2.24, 2.45) is 0 Å². The van der Waals surface area contributed by atoms with Crippen molar-refractivity contribution in [3.05, 3.63) is 72.4 Å². The Kier molecular flexibility index (Phi) is 5.41. The average Bonchev–Trinajstić information content (AvgIpc) is 3.28. The molecule has 32 heavy (non-hydrogen) atoms. The molecule has 0 amide bonds. The molecule has 0 radical (unpaired) electrons. The van der Waals surface area contributed by atoms with Gasteiger partial charge in [0.2, 0.25) is 5.78 Å². The van der Waals surface area contributed by atoms with Gasteiger partial charge in [0.25, 0.3) is 0 Å². The lowest BCUT2D eigenvalue weighted by Gasteiger charge is -2.36. The van der Waals surface area contributed by atoms with Gasteiger partial charge in [-0.1, -0.05) is 0 Å². The van der Waals surface area contributed by atoms with Gasteiger partial charge in [-0.15, -0.1) is 0 Å². The summed E-state index contributed by atoms with van der Waals surface area (Å²) in [4.78, 5) is 34.1. The Bertz CT molecular complexity index is 1240. The summed E-state index contributed by atoms with van der Waals surface area (Å²) in [5, 5.41) is 0. The van der Waals surface area contributed by atoms with Gasteiger partial charge >= 0.3 is 0 Å². The Morgan fingerprint density at radius 1 is 1.03 bits per heavy atom. The fraction of sp³-hybridized carbons (Fsp3) is 0.280. The number of rotatable bonds is 5. The SMILES string of the molecule is CN(C)C1CCN(c2ccc3nc(C(=O)c4ccnc(-c5ccncc5)c4)[nH]c3c2)CC1. The standard InChI is InChI=1S/C25H26N6O/c1-30(2)19-8-13-31(14-9-19)20-3-4-21-23(16-20)29-25(28-21)24(32)18-7-12-27-22(15-18)17-5-10-26-11-6-17/h3-7,10-12,15-16,19H,8-9,13-14H2,1-2H3,(H,28,29). The first-order valence-corrected chi connectivity index (χ1v) is 10.9. The van der Waals surface area contributed by atoms with Crippen molar-refractivity contribution in [1.82, 2.24) is 24.8 Å². The minimum Gasteiger partial charge on any atom is -0.371 e. The molecule has 0 atom stereocenters. The predicted molar refractivity (Wildman–Crippen MR) is 126 cm³/mol. The van der Waals surface area contributed by atoms with Gasteiger partial charge < -0.3 is 14.8 Å². The first kappa shape index (κ1) is 20.3. The molecule has 4 aromatic rings. The highest BCUT2D eigenvalue weighted by Gasteiger charge is 2.21. The molecule has 0 spiro atoms. The van der Waals surface area contributed by atoms with Crippen LogP contribution in [0.1, 0.15) is 29.0 Å². The summed E-state index contributed by atoms with van der Waals surface area (Å²) in [5.41, 5.74) is 5.05. The molecule has 7 heteroatoms. The van der Waals surface area contributed by atoms with E-state index in [-0.39, 0.29) is 5.78 Å². The summed E-state index contributed by atoms with van der Waals surface area (Å²) in [5.74, 6) is 0.197. The minimum absolute atomic E-state index is 0.146. The van der Waals surface area contributed by atoms with E-state index in [1.54, 1.807) is 30.7 Å². The number of carbonyl (C=O) groups is 1. The maximum Gasteiger partial charge on any atom is 0.228 e. The number of aromatic nitrogens is 4. The van der Waals surface area contributed by atoms with Crippen molar-refractivity contribution in [2.75, 3.05) is 32.1 Å². The van der Waals surface area contributed by atoms with Crippen LogP contribution in [-0.2, 0) is 0 Å². The first-order chi connectivity index (χ1) is 15.6. The van der Waals surface area contributed by atoms with E-state index in [0.717, 1.165) is 48.2 Å². The van der Waals surface area contributed by atoms with E-state index in [4.69, 9.17) is 0 Å². The average molecular weight is 427 g/mol. The summed E-state index contributed by atoms with van der Waals surface area (Å²) in [7, 11) is 4.30. The van der Waals surface area contributed by atoms with Crippen LogP contribution >= 0.6 is 0 Å². The summed E-state index contributed by atoms with van der Waals surface area (Å²) in [6, 6.07) is 14.1. The van der Waals surface area contributed by atoms with Gasteiger partial charge in [-0.2, -0.15) is 0 Å². The van der Waals surface area contributed by atoms with Crippen molar-refractivity contribution in [1.29, 1.82) is 0 Å². The molecule has 1 saturated heterocycles. The van der Waals surface area contributed by atoms with Gasteiger partial charge in [0.1, 0.15) is 0 Å². The van der Waals surface area contributed by atoms with Crippen molar-refractivity contribution < 1.29 is 4.79 Å². The van der Waals surface area contributed by atoms with Crippen LogP contribution in [0.4, 0.5) is 5.69 Å². The van der Waals surface area contributed by atoms with E-state index in [1.807, 2.05) is 18.2 Å². The highest BCUT2D eigenvalue weighted by molar-refractivity contribution is 6.08. The van der Waals surface area contributed by atoms with Crippen LogP contribution in [0.3, 0.4) is 0 Å². The second kappa shape index (κ2) is 8.51. The fourth-order valence-electron chi connectivity index (χ4n) is 4.33. The van der Waals surface area contributed by atoms with Gasteiger partial charge in [0.15, 0.2) is 5.82 Å². The topological polar surface area (TPSA) is 78.0 Å². The molecule has 4 heterocycles. The molecule has 1 N–H and O–H groups in total. The van der Waals surface area contributed by atoms with Crippen LogP contribution in [0.25, 0.3) is 22.3 Å². The number of pyridine rings is 2.